The summed E-state index contributed by atoms with van der Waals surface area (Å²) in [7, 11) is 0. The molecular weight excluding hydrogens is 702 g/mol. The first-order valence-corrected chi connectivity index (χ1v) is 18.5. The topological polar surface area (TPSA) is 163 Å². The molecule has 12 nitrogen and oxygen atoms in total. The van der Waals surface area contributed by atoms with Crippen LogP contribution < -0.4 is 14.8 Å². The Kier molecular flexibility index (Phi) is 14.0. The highest BCUT2D eigenvalue weighted by Crippen LogP contribution is 2.44. The van der Waals surface area contributed by atoms with Crippen molar-refractivity contribution in [2.75, 3.05) is 13.1 Å². The molecule has 4 unspecified atom stereocenters. The summed E-state index contributed by atoms with van der Waals surface area (Å²) < 4.78 is 11.8. The molecule has 0 spiro atoms. The van der Waals surface area contributed by atoms with Crippen molar-refractivity contribution >= 4 is 29.7 Å². The van der Waals surface area contributed by atoms with E-state index in [0.717, 1.165) is 11.1 Å². The van der Waals surface area contributed by atoms with Gasteiger partial charge in [-0.2, -0.15) is 0 Å². The molecule has 0 radical (unpaired) electrons. The number of amides is 3. The van der Waals surface area contributed by atoms with Gasteiger partial charge in [-0.1, -0.05) is 74.5 Å². The number of nitrogens with zero attached hydrogens (tertiary/aromatic N) is 2. The maximum absolute atomic E-state index is 14.6. The summed E-state index contributed by atoms with van der Waals surface area (Å²) in [5.74, 6) is -5.52. The van der Waals surface area contributed by atoms with Crippen LogP contribution in [0.25, 0.3) is 0 Å². The van der Waals surface area contributed by atoms with Gasteiger partial charge in [0.2, 0.25) is 17.7 Å². The third-order valence-corrected chi connectivity index (χ3v) is 9.46. The number of carbonyl (C=O) groups is 5. The van der Waals surface area contributed by atoms with E-state index in [1.54, 1.807) is 34.1 Å². The number of hydrogen-bond acceptors (Lipinski definition) is 7. The van der Waals surface area contributed by atoms with Crippen LogP contribution in [-0.4, -0.2) is 68.8 Å². The fourth-order valence-electron chi connectivity index (χ4n) is 6.84. The summed E-state index contributed by atoms with van der Waals surface area (Å²) in [5.41, 5.74) is 1.57. The van der Waals surface area contributed by atoms with Gasteiger partial charge in [0.15, 0.2) is 0 Å². The van der Waals surface area contributed by atoms with Gasteiger partial charge < -0.3 is 34.8 Å². The first kappa shape index (κ1) is 40.0. The van der Waals surface area contributed by atoms with Crippen molar-refractivity contribution in [3.8, 4) is 23.0 Å². The van der Waals surface area contributed by atoms with E-state index in [4.69, 9.17) is 14.6 Å². The molecule has 3 N–H and O–H groups in total. The molecule has 0 aliphatic heterocycles. The van der Waals surface area contributed by atoms with E-state index in [1.165, 1.54) is 0 Å². The minimum absolute atomic E-state index is 0.160. The zero-order chi connectivity index (χ0) is 39.3. The summed E-state index contributed by atoms with van der Waals surface area (Å²) in [6.07, 6.45) is 0.282. The number of para-hydroxylation sites is 2. The van der Waals surface area contributed by atoms with Crippen LogP contribution in [0.4, 0.5) is 0 Å². The predicted octanol–water partition coefficient (Wildman–Crippen LogP) is 6.75. The number of carboxylic acid groups (broad SMARTS) is 2. The zero-order valence-electron chi connectivity index (χ0n) is 31.0. The molecule has 55 heavy (non-hydrogen) atoms. The summed E-state index contributed by atoms with van der Waals surface area (Å²) in [4.78, 5) is 69.2. The Balaban J connectivity index is 1.39. The van der Waals surface area contributed by atoms with Crippen LogP contribution in [0.3, 0.4) is 0 Å². The Morgan fingerprint density at radius 3 is 1.38 bits per heavy atom. The van der Waals surface area contributed by atoms with Crippen molar-refractivity contribution in [2.24, 2.45) is 17.8 Å². The van der Waals surface area contributed by atoms with E-state index >= 15 is 0 Å². The number of benzene rings is 4. The van der Waals surface area contributed by atoms with Gasteiger partial charge in [-0.3, -0.25) is 24.0 Å². The third-order valence-electron chi connectivity index (χ3n) is 9.46. The van der Waals surface area contributed by atoms with Crippen LogP contribution in [0, 0.1) is 17.8 Å². The molecule has 0 bridgehead atoms. The highest BCUT2D eigenvalue weighted by molar-refractivity contribution is 5.96. The van der Waals surface area contributed by atoms with Crippen molar-refractivity contribution in [2.45, 2.75) is 58.7 Å². The molecule has 1 aliphatic carbocycles. The minimum Gasteiger partial charge on any atom is -0.481 e. The maximum atomic E-state index is 14.6. The van der Waals surface area contributed by atoms with Gasteiger partial charge >= 0.3 is 11.9 Å². The summed E-state index contributed by atoms with van der Waals surface area (Å²) in [5, 5.41) is 22.2. The van der Waals surface area contributed by atoms with Crippen LogP contribution in [0.15, 0.2) is 109 Å². The van der Waals surface area contributed by atoms with Gasteiger partial charge in [0.1, 0.15) is 23.0 Å². The summed E-state index contributed by atoms with van der Waals surface area (Å²) in [6.45, 7) is 4.75. The van der Waals surface area contributed by atoms with Gasteiger partial charge in [-0.05, 0) is 72.5 Å². The second-order valence-corrected chi connectivity index (χ2v) is 13.5. The van der Waals surface area contributed by atoms with E-state index in [1.807, 2.05) is 98.8 Å². The largest absolute Gasteiger partial charge is 0.481 e. The zero-order valence-corrected chi connectivity index (χ0v) is 31.0. The lowest BCUT2D eigenvalue weighted by atomic mass is 9.59. The van der Waals surface area contributed by atoms with Crippen molar-refractivity contribution < 1.29 is 43.7 Å². The molecule has 288 valence electrons. The van der Waals surface area contributed by atoms with Gasteiger partial charge in [0, 0.05) is 32.6 Å². The highest BCUT2D eigenvalue weighted by atomic mass is 16.5. The summed E-state index contributed by atoms with van der Waals surface area (Å²) >= 11 is 0. The van der Waals surface area contributed by atoms with E-state index in [0.29, 0.717) is 48.9 Å². The molecule has 0 saturated heterocycles. The molecule has 4 aromatic carbocycles. The van der Waals surface area contributed by atoms with Crippen LogP contribution in [0.1, 0.15) is 50.7 Å². The van der Waals surface area contributed by atoms with E-state index in [-0.39, 0.29) is 13.1 Å². The number of hydrogen-bond donors (Lipinski definition) is 3. The van der Waals surface area contributed by atoms with E-state index < -0.39 is 66.3 Å². The van der Waals surface area contributed by atoms with Crippen molar-refractivity contribution in [3.05, 3.63) is 120 Å². The molecular formula is C43H47N3O9. The highest BCUT2D eigenvalue weighted by Gasteiger charge is 2.62. The second kappa shape index (κ2) is 19.2. The van der Waals surface area contributed by atoms with Gasteiger partial charge in [0.05, 0.1) is 30.2 Å². The van der Waals surface area contributed by atoms with Crippen LogP contribution in [0.2, 0.25) is 0 Å². The van der Waals surface area contributed by atoms with Crippen LogP contribution in [0.5, 0.6) is 23.0 Å². The fourth-order valence-corrected chi connectivity index (χ4v) is 6.84. The fraction of sp³-hybridized carbons (Fsp3) is 0.326. The van der Waals surface area contributed by atoms with Gasteiger partial charge in [-0.15, -0.1) is 0 Å². The average Bonchev–Trinajstić information content (AvgIpc) is 3.17. The first-order valence-electron chi connectivity index (χ1n) is 18.5. The molecule has 4 aromatic rings. The second-order valence-electron chi connectivity index (χ2n) is 13.5. The minimum atomic E-state index is -1.41. The molecule has 0 heterocycles. The molecule has 1 saturated carbocycles. The van der Waals surface area contributed by atoms with E-state index in [9.17, 15) is 29.1 Å². The lowest BCUT2D eigenvalue weighted by Crippen LogP contribution is -2.70. The lowest BCUT2D eigenvalue weighted by Gasteiger charge is -2.50. The Bertz CT molecular complexity index is 1900. The standard InChI is InChI=1S/C43H47N3O9/c1-3-25-45(27-29-15-19-33(20-16-29)54-31-11-7-5-8-12-31)41(50)37-38(40(39(37)43(52)53)44-35(47)23-24-36(48)49)42(51)46(26-4-2)28-30-17-21-34(22-18-30)55-32-13-9-6-10-14-32/h5-22,37-40H,3-4,23-28H2,1-2H3,(H,44,47)(H,48,49)(H,52,53). The maximum Gasteiger partial charge on any atom is 0.309 e. The van der Waals surface area contributed by atoms with Crippen molar-refractivity contribution in [1.82, 2.24) is 15.1 Å². The average molecular weight is 750 g/mol. The molecule has 1 fully saturated rings. The molecule has 4 atom stereocenters. The number of ether oxygens (including phenoxy) is 2. The Hall–Kier alpha value is -6.17. The predicted molar refractivity (Wildman–Crippen MR) is 204 cm³/mol. The monoisotopic (exact) mass is 749 g/mol. The first-order chi connectivity index (χ1) is 26.6. The Morgan fingerprint density at radius 1 is 0.564 bits per heavy atom. The molecule has 1 aliphatic rings. The van der Waals surface area contributed by atoms with Crippen molar-refractivity contribution in [1.29, 1.82) is 0 Å². The molecule has 5 rings (SSSR count). The Morgan fingerprint density at radius 2 is 0.982 bits per heavy atom. The molecule has 12 heteroatoms. The van der Waals surface area contributed by atoms with E-state index in [2.05, 4.69) is 5.32 Å². The SMILES string of the molecule is CCCN(Cc1ccc(Oc2ccccc2)cc1)C(=O)C1C(NC(=O)CCC(=O)O)C(C(=O)O)C1C(=O)N(CCC)Cc1ccc(Oc2ccccc2)cc1. The quantitative estimate of drug-likeness (QED) is 0.0942. The van der Waals surface area contributed by atoms with Crippen LogP contribution in [-0.2, 0) is 37.1 Å². The van der Waals surface area contributed by atoms with Crippen molar-refractivity contribution in [3.63, 3.8) is 0 Å². The number of rotatable bonds is 19. The third kappa shape index (κ3) is 10.7. The van der Waals surface area contributed by atoms with Crippen LogP contribution >= 0.6 is 0 Å². The lowest BCUT2D eigenvalue weighted by molar-refractivity contribution is -0.174. The number of nitrogens with one attached hydrogen (secondary N) is 1. The van der Waals surface area contributed by atoms with Gasteiger partial charge in [0.25, 0.3) is 0 Å². The number of aliphatic carboxylic acids is 2. The summed E-state index contributed by atoms with van der Waals surface area (Å²) in [6, 6.07) is 31.9. The number of carboxylic acids is 2. The Labute approximate surface area is 320 Å². The smallest absolute Gasteiger partial charge is 0.309 e. The molecule has 0 aromatic heterocycles. The molecule has 3 amide bonds. The van der Waals surface area contributed by atoms with Gasteiger partial charge in [-0.25, -0.2) is 0 Å². The number of carbonyl (C=O) groups excluding carboxylic acids is 3. The normalized spacial score (nSPS) is 17.3.